The van der Waals surface area contributed by atoms with Crippen LogP contribution in [0.4, 0.5) is 5.69 Å². The average molecular weight is 292 g/mol. The van der Waals surface area contributed by atoms with Crippen LogP contribution in [0.3, 0.4) is 0 Å². The first-order valence-corrected chi connectivity index (χ1v) is 7.73. The number of nitrogens with one attached hydrogen (secondary N) is 1. The van der Waals surface area contributed by atoms with Crippen LogP contribution in [0.25, 0.3) is 0 Å². The molecule has 1 aromatic heterocycles. The molecule has 2 aromatic rings. The second-order valence-electron chi connectivity index (χ2n) is 4.31. The van der Waals surface area contributed by atoms with E-state index in [9.17, 15) is 8.42 Å². The maximum Gasteiger partial charge on any atom is 0.261 e. The molecule has 1 aromatic carbocycles. The number of aromatic nitrogens is 1. The standard InChI is InChI=1S/C14H16N2O3S/c17-11-1-2-12-3-5-14(6-4-12)20(18,19)16-13-7-9-15-10-8-13/h3-10,17H,1-2,11H2,(H,15,16). The Hall–Kier alpha value is -1.92. The van der Waals surface area contributed by atoms with Gasteiger partial charge in [0.05, 0.1) is 10.6 Å². The molecule has 0 spiro atoms. The zero-order valence-corrected chi connectivity index (χ0v) is 11.7. The highest BCUT2D eigenvalue weighted by molar-refractivity contribution is 7.92. The molecule has 0 aliphatic heterocycles. The van der Waals surface area contributed by atoms with Gasteiger partial charge in [-0.05, 0) is 42.7 Å². The Labute approximate surface area is 118 Å². The number of rotatable bonds is 6. The minimum Gasteiger partial charge on any atom is -0.396 e. The van der Waals surface area contributed by atoms with Crippen LogP contribution in [0, 0.1) is 0 Å². The van der Waals surface area contributed by atoms with Crippen molar-refractivity contribution in [1.29, 1.82) is 0 Å². The second-order valence-corrected chi connectivity index (χ2v) is 5.99. The fourth-order valence-electron chi connectivity index (χ4n) is 1.75. The molecule has 0 radical (unpaired) electrons. The zero-order chi connectivity index (χ0) is 14.4. The van der Waals surface area contributed by atoms with Gasteiger partial charge in [-0.1, -0.05) is 12.1 Å². The molecule has 2 rings (SSSR count). The number of aliphatic hydroxyl groups is 1. The smallest absolute Gasteiger partial charge is 0.261 e. The number of nitrogens with zero attached hydrogens (tertiary/aromatic N) is 1. The van der Waals surface area contributed by atoms with Gasteiger partial charge in [-0.2, -0.15) is 0 Å². The van der Waals surface area contributed by atoms with Crippen LogP contribution >= 0.6 is 0 Å². The lowest BCUT2D eigenvalue weighted by atomic mass is 10.1. The molecule has 0 fully saturated rings. The lowest BCUT2D eigenvalue weighted by Gasteiger charge is -2.08. The molecular weight excluding hydrogens is 276 g/mol. The van der Waals surface area contributed by atoms with Crippen molar-refractivity contribution >= 4 is 15.7 Å². The molecule has 106 valence electrons. The lowest BCUT2D eigenvalue weighted by Crippen LogP contribution is -2.12. The van der Waals surface area contributed by atoms with Crippen molar-refractivity contribution < 1.29 is 13.5 Å². The highest BCUT2D eigenvalue weighted by Crippen LogP contribution is 2.16. The summed E-state index contributed by atoms with van der Waals surface area (Å²) in [5.74, 6) is 0. The van der Waals surface area contributed by atoms with E-state index in [0.29, 0.717) is 12.1 Å². The number of anilines is 1. The molecule has 20 heavy (non-hydrogen) atoms. The summed E-state index contributed by atoms with van der Waals surface area (Å²) < 4.78 is 26.8. The number of aliphatic hydroxyl groups excluding tert-OH is 1. The Morgan fingerprint density at radius 1 is 1.05 bits per heavy atom. The zero-order valence-electron chi connectivity index (χ0n) is 10.9. The molecule has 0 saturated carbocycles. The van der Waals surface area contributed by atoms with Crippen LogP contribution in [0.1, 0.15) is 12.0 Å². The second kappa shape index (κ2) is 6.49. The molecule has 0 aliphatic rings. The Bertz CT molecular complexity index is 640. The number of pyridine rings is 1. The van der Waals surface area contributed by atoms with Gasteiger partial charge in [0.2, 0.25) is 0 Å². The summed E-state index contributed by atoms with van der Waals surface area (Å²) in [6.07, 6.45) is 4.45. The summed E-state index contributed by atoms with van der Waals surface area (Å²) in [7, 11) is -3.58. The van der Waals surface area contributed by atoms with Crippen molar-refractivity contribution in [1.82, 2.24) is 4.98 Å². The normalized spacial score (nSPS) is 11.2. The van der Waals surface area contributed by atoms with E-state index >= 15 is 0 Å². The third-order valence-electron chi connectivity index (χ3n) is 2.79. The first-order valence-electron chi connectivity index (χ1n) is 6.24. The predicted molar refractivity (Wildman–Crippen MR) is 76.9 cm³/mol. The van der Waals surface area contributed by atoms with Crippen LogP contribution in [0.5, 0.6) is 0 Å². The van der Waals surface area contributed by atoms with Crippen LogP contribution in [0.15, 0.2) is 53.7 Å². The van der Waals surface area contributed by atoms with Gasteiger partial charge in [0.25, 0.3) is 10.0 Å². The molecule has 5 nitrogen and oxygen atoms in total. The van der Waals surface area contributed by atoms with Crippen molar-refractivity contribution in [3.05, 3.63) is 54.4 Å². The highest BCUT2D eigenvalue weighted by Gasteiger charge is 2.13. The van der Waals surface area contributed by atoms with Gasteiger partial charge in [0.1, 0.15) is 0 Å². The van der Waals surface area contributed by atoms with E-state index in [4.69, 9.17) is 5.11 Å². The SMILES string of the molecule is O=S(=O)(Nc1ccncc1)c1ccc(CCCO)cc1. The minimum atomic E-state index is -3.58. The van der Waals surface area contributed by atoms with E-state index in [1.165, 1.54) is 12.4 Å². The molecule has 6 heteroatoms. The number of sulfonamides is 1. The molecule has 0 aliphatic carbocycles. The van der Waals surface area contributed by atoms with Gasteiger partial charge in [-0.25, -0.2) is 8.42 Å². The molecule has 0 atom stereocenters. The van der Waals surface area contributed by atoms with Crippen molar-refractivity contribution in [3.63, 3.8) is 0 Å². The van der Waals surface area contributed by atoms with Gasteiger partial charge >= 0.3 is 0 Å². The fourth-order valence-corrected chi connectivity index (χ4v) is 2.81. The maximum atomic E-state index is 12.2. The summed E-state index contributed by atoms with van der Waals surface area (Å²) in [6.45, 7) is 0.129. The topological polar surface area (TPSA) is 79.3 Å². The summed E-state index contributed by atoms with van der Waals surface area (Å²) in [5, 5.41) is 8.76. The van der Waals surface area contributed by atoms with Crippen LogP contribution in [0.2, 0.25) is 0 Å². The van der Waals surface area contributed by atoms with Crippen LogP contribution in [-0.4, -0.2) is 25.1 Å². The molecule has 1 heterocycles. The van der Waals surface area contributed by atoms with Gasteiger partial charge < -0.3 is 5.11 Å². The van der Waals surface area contributed by atoms with E-state index in [-0.39, 0.29) is 11.5 Å². The first kappa shape index (κ1) is 14.5. The summed E-state index contributed by atoms with van der Waals surface area (Å²) in [4.78, 5) is 4.04. The van der Waals surface area contributed by atoms with E-state index in [1.54, 1.807) is 36.4 Å². The molecule has 0 saturated heterocycles. The summed E-state index contributed by atoms with van der Waals surface area (Å²) in [5.41, 5.74) is 1.48. The summed E-state index contributed by atoms with van der Waals surface area (Å²) >= 11 is 0. The Kier molecular flexibility index (Phi) is 4.70. The van der Waals surface area contributed by atoms with Crippen molar-refractivity contribution in [2.75, 3.05) is 11.3 Å². The van der Waals surface area contributed by atoms with Gasteiger partial charge in [-0.3, -0.25) is 9.71 Å². The molecular formula is C14H16N2O3S. The van der Waals surface area contributed by atoms with Gasteiger partial charge in [0, 0.05) is 19.0 Å². The van der Waals surface area contributed by atoms with Crippen molar-refractivity contribution in [2.45, 2.75) is 17.7 Å². The quantitative estimate of drug-likeness (QED) is 0.851. The number of aryl methyl sites for hydroxylation is 1. The third kappa shape index (κ3) is 3.79. The van der Waals surface area contributed by atoms with Crippen LogP contribution < -0.4 is 4.72 Å². The van der Waals surface area contributed by atoms with E-state index in [0.717, 1.165) is 12.0 Å². The number of hydrogen-bond donors (Lipinski definition) is 2. The first-order chi connectivity index (χ1) is 9.62. The molecule has 2 N–H and O–H groups in total. The maximum absolute atomic E-state index is 12.2. The molecule has 0 amide bonds. The van der Waals surface area contributed by atoms with Gasteiger partial charge in [-0.15, -0.1) is 0 Å². The molecule has 0 unspecified atom stereocenters. The van der Waals surface area contributed by atoms with E-state index in [2.05, 4.69) is 9.71 Å². The Morgan fingerprint density at radius 2 is 1.70 bits per heavy atom. The monoisotopic (exact) mass is 292 g/mol. The Balaban J connectivity index is 2.13. The lowest BCUT2D eigenvalue weighted by molar-refractivity contribution is 0.288. The third-order valence-corrected chi connectivity index (χ3v) is 4.19. The van der Waals surface area contributed by atoms with Crippen LogP contribution in [-0.2, 0) is 16.4 Å². The number of benzene rings is 1. The van der Waals surface area contributed by atoms with Crippen molar-refractivity contribution in [3.8, 4) is 0 Å². The van der Waals surface area contributed by atoms with E-state index < -0.39 is 10.0 Å². The highest BCUT2D eigenvalue weighted by atomic mass is 32.2. The summed E-state index contributed by atoms with van der Waals surface area (Å²) in [6, 6.07) is 9.83. The fraction of sp³-hybridized carbons (Fsp3) is 0.214. The average Bonchev–Trinajstić information content (AvgIpc) is 2.46. The van der Waals surface area contributed by atoms with Crippen molar-refractivity contribution in [2.24, 2.45) is 0 Å². The minimum absolute atomic E-state index is 0.129. The molecule has 0 bridgehead atoms. The predicted octanol–water partition coefficient (Wildman–Crippen LogP) is 1.81. The van der Waals surface area contributed by atoms with E-state index in [1.807, 2.05) is 0 Å². The number of hydrogen-bond acceptors (Lipinski definition) is 4. The Morgan fingerprint density at radius 3 is 2.30 bits per heavy atom. The van der Waals surface area contributed by atoms with Gasteiger partial charge in [0.15, 0.2) is 0 Å². The largest absolute Gasteiger partial charge is 0.396 e.